The number of amides is 1. The standard InChI is InChI=1S/C23H32ClN5O.HI/c1-4-25-23(27-13-12-18-8-10-21(24)11-9-18)28-17-19-6-5-7-20(16-19)22(30)26-14-15-29(2)3;/h5-11,16H,4,12-15,17H2,1-3H3,(H,26,30)(H2,25,27,28);1H. The third-order valence-corrected chi connectivity index (χ3v) is 4.67. The molecule has 2 aromatic carbocycles. The van der Waals surface area contributed by atoms with Crippen LogP contribution in [0.5, 0.6) is 0 Å². The van der Waals surface area contributed by atoms with Gasteiger partial charge in [0.25, 0.3) is 5.91 Å². The summed E-state index contributed by atoms with van der Waals surface area (Å²) in [5.41, 5.74) is 2.86. The first-order chi connectivity index (χ1) is 14.5. The van der Waals surface area contributed by atoms with Gasteiger partial charge in [-0.1, -0.05) is 35.9 Å². The van der Waals surface area contributed by atoms with Crippen LogP contribution in [0.25, 0.3) is 0 Å². The second-order valence-electron chi connectivity index (χ2n) is 7.26. The van der Waals surface area contributed by atoms with Crippen LogP contribution >= 0.6 is 35.6 Å². The van der Waals surface area contributed by atoms with E-state index in [1.54, 1.807) is 0 Å². The van der Waals surface area contributed by atoms with Crippen molar-refractivity contribution < 1.29 is 4.79 Å². The predicted octanol–water partition coefficient (Wildman–Crippen LogP) is 3.55. The number of halogens is 2. The van der Waals surface area contributed by atoms with E-state index < -0.39 is 0 Å². The lowest BCUT2D eigenvalue weighted by molar-refractivity contribution is 0.0951. The Morgan fingerprint density at radius 1 is 1.00 bits per heavy atom. The number of nitrogens with zero attached hydrogens (tertiary/aromatic N) is 2. The fourth-order valence-corrected chi connectivity index (χ4v) is 2.92. The Hall–Kier alpha value is -1.84. The summed E-state index contributed by atoms with van der Waals surface area (Å²) in [5.74, 6) is 0.697. The minimum absolute atomic E-state index is 0. The van der Waals surface area contributed by atoms with Gasteiger partial charge in [0.15, 0.2) is 5.96 Å². The third-order valence-electron chi connectivity index (χ3n) is 4.42. The van der Waals surface area contributed by atoms with Crippen molar-refractivity contribution in [2.45, 2.75) is 19.9 Å². The first-order valence-corrected chi connectivity index (χ1v) is 10.6. The summed E-state index contributed by atoms with van der Waals surface area (Å²) >= 11 is 5.93. The van der Waals surface area contributed by atoms with Gasteiger partial charge in [-0.15, -0.1) is 24.0 Å². The van der Waals surface area contributed by atoms with Gasteiger partial charge in [-0.05, 0) is 62.8 Å². The fraction of sp³-hybridized carbons (Fsp3) is 0.391. The number of carbonyl (C=O) groups is 1. The van der Waals surface area contributed by atoms with Gasteiger partial charge in [-0.25, -0.2) is 4.99 Å². The molecule has 1 amide bonds. The molecule has 8 heteroatoms. The van der Waals surface area contributed by atoms with Crippen molar-refractivity contribution in [1.29, 1.82) is 0 Å². The topological polar surface area (TPSA) is 68.8 Å². The lowest BCUT2D eigenvalue weighted by Crippen LogP contribution is -2.38. The molecule has 0 saturated carbocycles. The summed E-state index contributed by atoms with van der Waals surface area (Å²) in [6, 6.07) is 15.5. The minimum atomic E-state index is -0.0596. The Labute approximate surface area is 207 Å². The zero-order valence-electron chi connectivity index (χ0n) is 18.5. The van der Waals surface area contributed by atoms with E-state index in [1.807, 2.05) is 74.4 Å². The Kier molecular flexibility index (Phi) is 13.2. The molecule has 0 unspecified atom stereocenters. The number of hydrogen-bond acceptors (Lipinski definition) is 3. The van der Waals surface area contributed by atoms with Crippen molar-refractivity contribution in [2.75, 3.05) is 40.3 Å². The highest BCUT2D eigenvalue weighted by Gasteiger charge is 2.06. The second kappa shape index (κ2) is 15.0. The van der Waals surface area contributed by atoms with E-state index >= 15 is 0 Å². The van der Waals surface area contributed by atoms with Crippen LogP contribution in [-0.2, 0) is 13.0 Å². The zero-order chi connectivity index (χ0) is 21.8. The SMILES string of the molecule is CCNC(=NCc1cccc(C(=O)NCCN(C)C)c1)NCCc1ccc(Cl)cc1.I. The molecule has 31 heavy (non-hydrogen) atoms. The van der Waals surface area contributed by atoms with E-state index in [9.17, 15) is 4.79 Å². The highest BCUT2D eigenvalue weighted by Crippen LogP contribution is 2.10. The number of rotatable bonds is 10. The summed E-state index contributed by atoms with van der Waals surface area (Å²) in [5, 5.41) is 10.3. The number of aliphatic imine (C=N–C) groups is 1. The van der Waals surface area contributed by atoms with E-state index in [0.29, 0.717) is 18.7 Å². The summed E-state index contributed by atoms with van der Waals surface area (Å²) in [6.07, 6.45) is 0.879. The molecule has 0 aromatic heterocycles. The quantitative estimate of drug-likeness (QED) is 0.238. The molecule has 2 rings (SSSR count). The van der Waals surface area contributed by atoms with Gasteiger partial charge < -0.3 is 20.9 Å². The van der Waals surface area contributed by atoms with Gasteiger partial charge in [0.1, 0.15) is 0 Å². The number of likely N-dealkylation sites (N-methyl/N-ethyl adjacent to an activating group) is 1. The van der Waals surface area contributed by atoms with Crippen LogP contribution in [-0.4, -0.2) is 57.0 Å². The molecule has 3 N–H and O–H groups in total. The number of benzene rings is 2. The lowest BCUT2D eigenvalue weighted by atomic mass is 10.1. The van der Waals surface area contributed by atoms with Crippen molar-refractivity contribution in [3.05, 3.63) is 70.2 Å². The van der Waals surface area contributed by atoms with Crippen LogP contribution in [0.15, 0.2) is 53.5 Å². The summed E-state index contributed by atoms with van der Waals surface area (Å²) in [4.78, 5) is 19.0. The maximum Gasteiger partial charge on any atom is 0.251 e. The highest BCUT2D eigenvalue weighted by molar-refractivity contribution is 14.0. The van der Waals surface area contributed by atoms with Crippen molar-refractivity contribution in [3.63, 3.8) is 0 Å². The molecule has 0 aliphatic rings. The van der Waals surface area contributed by atoms with E-state index in [2.05, 4.69) is 20.9 Å². The molecule has 6 nitrogen and oxygen atoms in total. The Bertz CT molecular complexity index is 827. The van der Waals surface area contributed by atoms with Gasteiger partial charge >= 0.3 is 0 Å². The molecule has 0 atom stereocenters. The van der Waals surface area contributed by atoms with Gasteiger partial charge in [-0.3, -0.25) is 4.79 Å². The number of hydrogen-bond donors (Lipinski definition) is 3. The smallest absolute Gasteiger partial charge is 0.251 e. The number of guanidine groups is 1. The van der Waals surface area contributed by atoms with Gasteiger partial charge in [-0.2, -0.15) is 0 Å². The van der Waals surface area contributed by atoms with Crippen molar-refractivity contribution in [1.82, 2.24) is 20.9 Å². The second-order valence-corrected chi connectivity index (χ2v) is 7.69. The fourth-order valence-electron chi connectivity index (χ4n) is 2.79. The molecule has 0 aliphatic carbocycles. The maximum absolute atomic E-state index is 12.3. The first kappa shape index (κ1) is 27.2. The Morgan fingerprint density at radius 2 is 1.74 bits per heavy atom. The molecule has 0 fully saturated rings. The van der Waals surface area contributed by atoms with E-state index in [0.717, 1.165) is 42.6 Å². The van der Waals surface area contributed by atoms with Crippen molar-refractivity contribution in [3.8, 4) is 0 Å². The molecular formula is C23H33ClIN5O. The van der Waals surface area contributed by atoms with Crippen LogP contribution in [0.1, 0.15) is 28.4 Å². The Balaban J connectivity index is 0.00000480. The zero-order valence-corrected chi connectivity index (χ0v) is 21.5. The average molecular weight is 558 g/mol. The highest BCUT2D eigenvalue weighted by atomic mass is 127. The monoisotopic (exact) mass is 557 g/mol. The van der Waals surface area contributed by atoms with Gasteiger partial charge in [0.05, 0.1) is 6.54 Å². The first-order valence-electron chi connectivity index (χ1n) is 10.3. The van der Waals surface area contributed by atoms with Crippen LogP contribution in [0.4, 0.5) is 0 Å². The average Bonchev–Trinajstić information content (AvgIpc) is 2.73. The van der Waals surface area contributed by atoms with Crippen LogP contribution < -0.4 is 16.0 Å². The lowest BCUT2D eigenvalue weighted by Gasteiger charge is -2.12. The predicted molar refractivity (Wildman–Crippen MR) is 141 cm³/mol. The normalized spacial score (nSPS) is 11.1. The molecule has 0 aliphatic heterocycles. The van der Waals surface area contributed by atoms with Crippen LogP contribution in [0.3, 0.4) is 0 Å². The van der Waals surface area contributed by atoms with E-state index in [1.165, 1.54) is 5.56 Å². The number of nitrogens with one attached hydrogen (secondary N) is 3. The molecule has 0 spiro atoms. The Morgan fingerprint density at radius 3 is 2.42 bits per heavy atom. The van der Waals surface area contributed by atoms with Crippen molar-refractivity contribution in [2.24, 2.45) is 4.99 Å². The van der Waals surface area contributed by atoms with E-state index in [-0.39, 0.29) is 29.9 Å². The molecule has 0 saturated heterocycles. The van der Waals surface area contributed by atoms with Crippen LogP contribution in [0, 0.1) is 0 Å². The third kappa shape index (κ3) is 10.8. The van der Waals surface area contributed by atoms with Gasteiger partial charge in [0.2, 0.25) is 0 Å². The largest absolute Gasteiger partial charge is 0.357 e. The molecule has 0 radical (unpaired) electrons. The maximum atomic E-state index is 12.3. The molecule has 0 bridgehead atoms. The number of carbonyl (C=O) groups excluding carboxylic acids is 1. The van der Waals surface area contributed by atoms with E-state index in [4.69, 9.17) is 11.6 Å². The van der Waals surface area contributed by atoms with Crippen LogP contribution in [0.2, 0.25) is 5.02 Å². The minimum Gasteiger partial charge on any atom is -0.357 e. The summed E-state index contributed by atoms with van der Waals surface area (Å²) < 4.78 is 0. The summed E-state index contributed by atoms with van der Waals surface area (Å²) in [6.45, 7) is 5.51. The molecule has 170 valence electrons. The van der Waals surface area contributed by atoms with Gasteiger partial charge in [0, 0.05) is 36.8 Å². The van der Waals surface area contributed by atoms with Crippen molar-refractivity contribution >= 4 is 47.4 Å². The molecule has 2 aromatic rings. The summed E-state index contributed by atoms with van der Waals surface area (Å²) in [7, 11) is 3.96. The molecule has 0 heterocycles. The molecular weight excluding hydrogens is 525 g/mol.